The van der Waals surface area contributed by atoms with Crippen LogP contribution in [0.2, 0.25) is 0 Å². The molecule has 0 aromatic heterocycles. The second-order valence-electron chi connectivity index (χ2n) is 7.61. The van der Waals surface area contributed by atoms with Crippen molar-refractivity contribution in [3.63, 3.8) is 0 Å². The zero-order valence-corrected chi connectivity index (χ0v) is 19.1. The summed E-state index contributed by atoms with van der Waals surface area (Å²) in [7, 11) is 6.88. The van der Waals surface area contributed by atoms with E-state index in [2.05, 4.69) is 28.1 Å². The minimum atomic E-state index is 0. The average molecular weight is 398 g/mol. The van der Waals surface area contributed by atoms with Crippen molar-refractivity contribution in [3.05, 3.63) is 0 Å². The van der Waals surface area contributed by atoms with Crippen LogP contribution in [-0.2, 0) is 0 Å². The summed E-state index contributed by atoms with van der Waals surface area (Å²) in [5.74, 6) is 0. The molecule has 0 radical (unpaired) electrons. The first kappa shape index (κ1) is 27.7. The van der Waals surface area contributed by atoms with Crippen molar-refractivity contribution < 1.29 is 21.5 Å². The highest BCUT2D eigenvalue weighted by Gasteiger charge is 2.04. The van der Waals surface area contributed by atoms with Crippen molar-refractivity contribution in [2.75, 3.05) is 27.7 Å². The summed E-state index contributed by atoms with van der Waals surface area (Å²) in [5.41, 5.74) is 0. The highest BCUT2D eigenvalue weighted by Crippen LogP contribution is 2.13. The van der Waals surface area contributed by atoms with E-state index >= 15 is 0 Å². The Morgan fingerprint density at radius 1 is 0.500 bits per heavy atom. The summed E-state index contributed by atoms with van der Waals surface area (Å²) >= 11 is 0. The standard InChI is InChI=1S/C19H42N.BrH.H3P/c1-5-6-7-8-9-10-11-12-13-14-15-16-17-18-19-20(2,3)4;;/h5-19H2,1-4H3;1H;1H3/q+1;;/p-1. The fourth-order valence-electron chi connectivity index (χ4n) is 2.78. The molecule has 22 heavy (non-hydrogen) atoms. The minimum absolute atomic E-state index is 0. The molecule has 0 rings (SSSR count). The molecule has 138 valence electrons. The quantitative estimate of drug-likeness (QED) is 0.226. The fourth-order valence-corrected chi connectivity index (χ4v) is 2.78. The topological polar surface area (TPSA) is 0 Å². The molecule has 1 nitrogen and oxygen atoms in total. The fraction of sp³-hybridized carbons (Fsp3) is 1.00. The SMILES string of the molecule is CCCCCCCCCCCCCCCC[N+](C)(C)C.P.[Br-]. The highest BCUT2D eigenvalue weighted by atomic mass is 79.9. The molecule has 0 aromatic carbocycles. The van der Waals surface area contributed by atoms with Gasteiger partial charge in [0.15, 0.2) is 0 Å². The lowest BCUT2D eigenvalue weighted by Crippen LogP contribution is -3.00. The van der Waals surface area contributed by atoms with E-state index in [-0.39, 0.29) is 26.9 Å². The van der Waals surface area contributed by atoms with E-state index in [1.54, 1.807) is 0 Å². The minimum Gasteiger partial charge on any atom is -1.00 e. The Bertz CT molecular complexity index is 192. The molecular weight excluding hydrogens is 353 g/mol. The van der Waals surface area contributed by atoms with Gasteiger partial charge in [-0.3, -0.25) is 0 Å². The molecule has 1 unspecified atom stereocenters. The van der Waals surface area contributed by atoms with Gasteiger partial charge in [-0.1, -0.05) is 84.0 Å². The second-order valence-corrected chi connectivity index (χ2v) is 7.61. The van der Waals surface area contributed by atoms with Crippen LogP contribution in [0.3, 0.4) is 0 Å². The molecular formula is C19H45BrNP. The lowest BCUT2D eigenvalue weighted by atomic mass is 10.0. The monoisotopic (exact) mass is 397 g/mol. The van der Waals surface area contributed by atoms with Crippen molar-refractivity contribution in [1.29, 1.82) is 0 Å². The van der Waals surface area contributed by atoms with E-state index in [1.807, 2.05) is 0 Å². The summed E-state index contributed by atoms with van der Waals surface area (Å²) in [6.07, 6.45) is 20.4. The van der Waals surface area contributed by atoms with Crippen LogP contribution in [0, 0.1) is 0 Å². The summed E-state index contributed by atoms with van der Waals surface area (Å²) < 4.78 is 1.12. The van der Waals surface area contributed by atoms with Gasteiger partial charge in [-0.05, 0) is 12.8 Å². The van der Waals surface area contributed by atoms with Crippen LogP contribution in [-0.4, -0.2) is 32.2 Å². The molecule has 0 N–H and O–H groups in total. The Hall–Kier alpha value is 0.870. The van der Waals surface area contributed by atoms with Crippen molar-refractivity contribution in [3.8, 4) is 0 Å². The van der Waals surface area contributed by atoms with Gasteiger partial charge < -0.3 is 21.5 Å². The second kappa shape index (κ2) is 19.9. The van der Waals surface area contributed by atoms with Crippen LogP contribution in [0.25, 0.3) is 0 Å². The first-order valence-corrected chi connectivity index (χ1v) is 9.36. The third kappa shape index (κ3) is 25.8. The number of halogens is 1. The molecule has 0 aliphatic rings. The van der Waals surface area contributed by atoms with Crippen LogP contribution < -0.4 is 17.0 Å². The van der Waals surface area contributed by atoms with Gasteiger partial charge in [-0.15, -0.1) is 0 Å². The van der Waals surface area contributed by atoms with Gasteiger partial charge in [-0.25, -0.2) is 0 Å². The lowest BCUT2D eigenvalue weighted by molar-refractivity contribution is -0.870. The van der Waals surface area contributed by atoms with Gasteiger partial charge in [0, 0.05) is 0 Å². The van der Waals surface area contributed by atoms with Crippen molar-refractivity contribution in [2.45, 2.75) is 96.8 Å². The summed E-state index contributed by atoms with van der Waals surface area (Å²) in [4.78, 5) is 0. The van der Waals surface area contributed by atoms with E-state index in [4.69, 9.17) is 0 Å². The van der Waals surface area contributed by atoms with Gasteiger partial charge >= 0.3 is 0 Å². The highest BCUT2D eigenvalue weighted by molar-refractivity contribution is 6.92. The zero-order valence-electron chi connectivity index (χ0n) is 16.1. The number of unbranched alkanes of at least 4 members (excludes halogenated alkanes) is 13. The van der Waals surface area contributed by atoms with Crippen LogP contribution >= 0.6 is 9.90 Å². The van der Waals surface area contributed by atoms with E-state index in [9.17, 15) is 0 Å². The molecule has 0 spiro atoms. The molecule has 1 atom stereocenters. The molecule has 0 aliphatic carbocycles. The molecule has 0 aliphatic heterocycles. The van der Waals surface area contributed by atoms with Gasteiger partial charge in [0.2, 0.25) is 0 Å². The van der Waals surface area contributed by atoms with Crippen LogP contribution in [0.4, 0.5) is 0 Å². The van der Waals surface area contributed by atoms with E-state index in [1.165, 1.54) is 96.4 Å². The van der Waals surface area contributed by atoms with Crippen LogP contribution in [0.5, 0.6) is 0 Å². The van der Waals surface area contributed by atoms with Crippen molar-refractivity contribution in [1.82, 2.24) is 0 Å². The Balaban J connectivity index is -0.00000180. The molecule has 0 saturated heterocycles. The average Bonchev–Trinajstić information content (AvgIpc) is 2.38. The summed E-state index contributed by atoms with van der Waals surface area (Å²) in [5, 5.41) is 0. The van der Waals surface area contributed by atoms with E-state index in [0.717, 1.165) is 4.48 Å². The smallest absolute Gasteiger partial charge is 0.0780 e. The largest absolute Gasteiger partial charge is 1.00 e. The van der Waals surface area contributed by atoms with E-state index < -0.39 is 0 Å². The Labute approximate surface area is 156 Å². The maximum atomic E-state index is 2.29. The summed E-state index contributed by atoms with van der Waals surface area (Å²) in [6.45, 7) is 3.63. The summed E-state index contributed by atoms with van der Waals surface area (Å²) in [6, 6.07) is 0. The molecule has 0 saturated carbocycles. The number of nitrogens with zero attached hydrogens (tertiary/aromatic N) is 1. The molecule has 3 heteroatoms. The predicted octanol–water partition coefficient (Wildman–Crippen LogP) is 3.24. The normalized spacial score (nSPS) is 10.9. The van der Waals surface area contributed by atoms with E-state index in [0.29, 0.717) is 0 Å². The number of rotatable bonds is 15. The molecule has 0 fully saturated rings. The maximum absolute atomic E-state index is 2.29. The zero-order chi connectivity index (χ0) is 15.1. The third-order valence-corrected chi connectivity index (χ3v) is 4.18. The van der Waals surface area contributed by atoms with Crippen LogP contribution in [0.15, 0.2) is 0 Å². The number of hydrogen-bond donors (Lipinski definition) is 0. The Morgan fingerprint density at radius 3 is 1.05 bits per heavy atom. The van der Waals surface area contributed by atoms with Gasteiger partial charge in [0.25, 0.3) is 0 Å². The first-order chi connectivity index (χ1) is 9.56. The van der Waals surface area contributed by atoms with Gasteiger partial charge in [0.1, 0.15) is 0 Å². The molecule has 0 heterocycles. The molecule has 0 aromatic rings. The van der Waals surface area contributed by atoms with Crippen molar-refractivity contribution >= 4 is 9.90 Å². The third-order valence-electron chi connectivity index (χ3n) is 4.18. The first-order valence-electron chi connectivity index (χ1n) is 9.36. The number of hydrogen-bond acceptors (Lipinski definition) is 0. The number of quaternary nitrogens is 1. The van der Waals surface area contributed by atoms with Gasteiger partial charge in [-0.2, -0.15) is 9.90 Å². The Kier molecular flexibility index (Phi) is 25.1. The molecule has 0 amide bonds. The Morgan fingerprint density at radius 2 is 0.773 bits per heavy atom. The molecule has 0 bridgehead atoms. The van der Waals surface area contributed by atoms with Gasteiger partial charge in [0.05, 0.1) is 27.7 Å². The lowest BCUT2D eigenvalue weighted by Gasteiger charge is -2.23. The maximum Gasteiger partial charge on any atom is 0.0780 e. The van der Waals surface area contributed by atoms with Crippen LogP contribution in [0.1, 0.15) is 96.8 Å². The van der Waals surface area contributed by atoms with Crippen molar-refractivity contribution in [2.24, 2.45) is 0 Å². The predicted molar refractivity (Wildman–Crippen MR) is 104 cm³/mol.